The molecular formula is C15H19N3O3S2. The largest absolute Gasteiger partial charge is 0.326 e. The van der Waals surface area contributed by atoms with Crippen molar-refractivity contribution in [3.63, 3.8) is 0 Å². The van der Waals surface area contributed by atoms with Crippen molar-refractivity contribution in [2.24, 2.45) is 5.92 Å². The average Bonchev–Trinajstić information content (AvgIpc) is 3.02. The minimum Gasteiger partial charge on any atom is -0.326 e. The monoisotopic (exact) mass is 353 g/mol. The quantitative estimate of drug-likeness (QED) is 0.915. The molecule has 1 atom stereocenters. The Morgan fingerprint density at radius 1 is 1.48 bits per heavy atom. The van der Waals surface area contributed by atoms with Gasteiger partial charge < -0.3 is 5.32 Å². The van der Waals surface area contributed by atoms with Crippen molar-refractivity contribution in [3.8, 4) is 0 Å². The Kier molecular flexibility index (Phi) is 4.65. The van der Waals surface area contributed by atoms with E-state index < -0.39 is 10.0 Å². The fourth-order valence-corrected chi connectivity index (χ4v) is 4.59. The number of amides is 1. The van der Waals surface area contributed by atoms with Gasteiger partial charge in [0.1, 0.15) is 0 Å². The van der Waals surface area contributed by atoms with Gasteiger partial charge in [0.05, 0.1) is 16.4 Å². The molecule has 1 N–H and O–H groups in total. The number of hydrogen-bond donors (Lipinski definition) is 1. The first-order valence-electron chi connectivity index (χ1n) is 7.63. The third-order valence-electron chi connectivity index (χ3n) is 4.13. The molecule has 2 aromatic rings. The second-order valence-electron chi connectivity index (χ2n) is 5.67. The zero-order valence-electron chi connectivity index (χ0n) is 12.9. The van der Waals surface area contributed by atoms with Crippen LogP contribution in [0.25, 0.3) is 10.1 Å². The summed E-state index contributed by atoms with van der Waals surface area (Å²) in [6, 6.07) is 5.67. The van der Waals surface area contributed by atoms with Crippen LogP contribution in [0.1, 0.15) is 19.8 Å². The van der Waals surface area contributed by atoms with E-state index in [4.69, 9.17) is 0 Å². The molecule has 1 aliphatic rings. The smallest absolute Gasteiger partial charge is 0.228 e. The second-order valence-corrected chi connectivity index (χ2v) is 8.76. The lowest BCUT2D eigenvalue weighted by Gasteiger charge is -2.30. The molecule has 0 aliphatic carbocycles. The van der Waals surface area contributed by atoms with Crippen LogP contribution in [0, 0.1) is 5.92 Å². The van der Waals surface area contributed by atoms with Gasteiger partial charge in [-0.3, -0.25) is 4.79 Å². The Bertz CT molecular complexity index is 816. The summed E-state index contributed by atoms with van der Waals surface area (Å²) in [5, 5.41) is 3.89. The van der Waals surface area contributed by atoms with Crippen LogP contribution in [-0.4, -0.2) is 41.8 Å². The minimum absolute atomic E-state index is 0.0726. The summed E-state index contributed by atoms with van der Waals surface area (Å²) in [6.45, 7) is 2.40. The highest BCUT2D eigenvalue weighted by Crippen LogP contribution is 2.24. The number of hydrogen-bond acceptors (Lipinski definition) is 5. The molecular weight excluding hydrogens is 334 g/mol. The van der Waals surface area contributed by atoms with Gasteiger partial charge in [0.2, 0.25) is 15.9 Å². The number of sulfonamides is 1. The summed E-state index contributed by atoms with van der Waals surface area (Å²) in [5.41, 5.74) is 0.721. The van der Waals surface area contributed by atoms with Gasteiger partial charge in [-0.05, 0) is 49.5 Å². The normalized spacial score (nSPS) is 19.8. The molecule has 1 saturated heterocycles. The van der Waals surface area contributed by atoms with Crippen molar-refractivity contribution in [3.05, 3.63) is 24.4 Å². The molecule has 1 aliphatic heterocycles. The molecule has 0 spiro atoms. The molecule has 1 aromatic heterocycles. The Morgan fingerprint density at radius 3 is 3.09 bits per heavy atom. The molecule has 3 rings (SSSR count). The number of nitrogens with zero attached hydrogens (tertiary/aromatic N) is 2. The fraction of sp³-hybridized carbons (Fsp3) is 0.467. The van der Waals surface area contributed by atoms with E-state index in [1.54, 1.807) is 13.1 Å². The number of benzene rings is 1. The van der Waals surface area contributed by atoms with E-state index in [1.165, 1.54) is 15.8 Å². The summed E-state index contributed by atoms with van der Waals surface area (Å²) >= 11 is 1.41. The van der Waals surface area contributed by atoms with Crippen LogP contribution in [-0.2, 0) is 14.8 Å². The first-order chi connectivity index (χ1) is 11.0. The molecule has 8 heteroatoms. The van der Waals surface area contributed by atoms with Gasteiger partial charge in [-0.15, -0.1) is 0 Å². The van der Waals surface area contributed by atoms with Crippen LogP contribution in [0.3, 0.4) is 0 Å². The van der Waals surface area contributed by atoms with Crippen LogP contribution in [0.5, 0.6) is 0 Å². The number of fused-ring (bicyclic) bond motifs is 1. The summed E-state index contributed by atoms with van der Waals surface area (Å²) in [5.74, 6) is -0.353. The molecule has 124 valence electrons. The van der Waals surface area contributed by atoms with Crippen molar-refractivity contribution in [2.75, 3.05) is 24.2 Å². The van der Waals surface area contributed by atoms with Crippen LogP contribution >= 0.6 is 11.5 Å². The zero-order valence-corrected chi connectivity index (χ0v) is 14.5. The number of anilines is 1. The van der Waals surface area contributed by atoms with E-state index in [2.05, 4.69) is 9.69 Å². The van der Waals surface area contributed by atoms with E-state index in [9.17, 15) is 13.2 Å². The maximum atomic E-state index is 12.5. The number of piperidine rings is 1. The van der Waals surface area contributed by atoms with Crippen molar-refractivity contribution >= 4 is 43.2 Å². The van der Waals surface area contributed by atoms with Crippen molar-refractivity contribution in [1.82, 2.24) is 8.68 Å². The highest BCUT2D eigenvalue weighted by atomic mass is 32.2. The van der Waals surface area contributed by atoms with Crippen LogP contribution in [0.15, 0.2) is 24.4 Å². The van der Waals surface area contributed by atoms with Crippen molar-refractivity contribution in [2.45, 2.75) is 19.8 Å². The Hall–Kier alpha value is -1.51. The van der Waals surface area contributed by atoms with E-state index in [1.807, 2.05) is 18.2 Å². The standard InChI is InChI=1S/C15H19N3O3S2/c1-2-23(20,21)18-7-3-4-11(10-18)15(19)17-13-5-6-14-12(8-13)9-16-22-14/h5-6,8-9,11H,2-4,7,10H2,1H3,(H,17,19)/t11-/m1/s1. The van der Waals surface area contributed by atoms with E-state index in [0.717, 1.165) is 15.8 Å². The van der Waals surface area contributed by atoms with Crippen LogP contribution in [0.4, 0.5) is 5.69 Å². The predicted octanol–water partition coefficient (Wildman–Crippen LogP) is 2.30. The topological polar surface area (TPSA) is 79.4 Å². The third kappa shape index (κ3) is 3.54. The van der Waals surface area contributed by atoms with Gasteiger partial charge >= 0.3 is 0 Å². The number of rotatable bonds is 4. The molecule has 6 nitrogen and oxygen atoms in total. The minimum atomic E-state index is -3.24. The van der Waals surface area contributed by atoms with Gasteiger partial charge in [-0.25, -0.2) is 12.7 Å². The Morgan fingerprint density at radius 2 is 2.30 bits per heavy atom. The maximum Gasteiger partial charge on any atom is 0.228 e. The van der Waals surface area contributed by atoms with Crippen LogP contribution < -0.4 is 5.32 Å². The van der Waals surface area contributed by atoms with Crippen LogP contribution in [0.2, 0.25) is 0 Å². The van der Waals surface area contributed by atoms with Gasteiger partial charge in [0, 0.05) is 30.4 Å². The maximum absolute atomic E-state index is 12.5. The molecule has 0 saturated carbocycles. The molecule has 0 bridgehead atoms. The first-order valence-corrected chi connectivity index (χ1v) is 10.0. The first kappa shape index (κ1) is 16.4. The summed E-state index contributed by atoms with van der Waals surface area (Å²) in [4.78, 5) is 12.5. The summed E-state index contributed by atoms with van der Waals surface area (Å²) in [7, 11) is -3.24. The zero-order chi connectivity index (χ0) is 16.4. The number of carbonyl (C=O) groups excluding carboxylic acids is 1. The molecule has 1 amide bonds. The molecule has 0 radical (unpaired) electrons. The second kappa shape index (κ2) is 6.54. The molecule has 1 aromatic carbocycles. The van der Waals surface area contributed by atoms with Gasteiger partial charge in [-0.1, -0.05) is 0 Å². The Balaban J connectivity index is 1.70. The van der Waals surface area contributed by atoms with Gasteiger partial charge in [0.25, 0.3) is 0 Å². The number of nitrogens with one attached hydrogen (secondary N) is 1. The van der Waals surface area contributed by atoms with E-state index in [0.29, 0.717) is 19.4 Å². The summed E-state index contributed by atoms with van der Waals surface area (Å²) in [6.07, 6.45) is 3.19. The van der Waals surface area contributed by atoms with E-state index in [-0.39, 0.29) is 24.1 Å². The van der Waals surface area contributed by atoms with Crippen molar-refractivity contribution < 1.29 is 13.2 Å². The number of aromatic nitrogens is 1. The lowest BCUT2D eigenvalue weighted by atomic mass is 9.98. The van der Waals surface area contributed by atoms with Gasteiger partial charge in [-0.2, -0.15) is 4.37 Å². The highest BCUT2D eigenvalue weighted by molar-refractivity contribution is 7.89. The lowest BCUT2D eigenvalue weighted by Crippen LogP contribution is -2.44. The Labute approximate surface area is 139 Å². The molecule has 0 unspecified atom stereocenters. The molecule has 23 heavy (non-hydrogen) atoms. The summed E-state index contributed by atoms with van der Waals surface area (Å²) < 4.78 is 30.6. The highest BCUT2D eigenvalue weighted by Gasteiger charge is 2.31. The number of carbonyl (C=O) groups is 1. The van der Waals surface area contributed by atoms with Crippen molar-refractivity contribution in [1.29, 1.82) is 0 Å². The SMILES string of the molecule is CCS(=O)(=O)N1CCC[C@@H](C(=O)Nc2ccc3sncc3c2)C1. The molecule has 1 fully saturated rings. The lowest BCUT2D eigenvalue weighted by molar-refractivity contribution is -0.120. The molecule has 2 heterocycles. The third-order valence-corrected chi connectivity index (χ3v) is 6.76. The predicted molar refractivity (Wildman–Crippen MR) is 92.0 cm³/mol. The average molecular weight is 353 g/mol. The van der Waals surface area contributed by atoms with Gasteiger partial charge in [0.15, 0.2) is 0 Å². The van der Waals surface area contributed by atoms with E-state index >= 15 is 0 Å². The fourth-order valence-electron chi connectivity index (χ4n) is 2.79.